The van der Waals surface area contributed by atoms with Crippen molar-refractivity contribution in [2.24, 2.45) is 5.41 Å². The zero-order valence-electron chi connectivity index (χ0n) is 28.2. The predicted octanol–water partition coefficient (Wildman–Crippen LogP) is 6.52. The van der Waals surface area contributed by atoms with Crippen molar-refractivity contribution in [1.29, 1.82) is 0 Å². The fourth-order valence-corrected chi connectivity index (χ4v) is 8.45. The van der Waals surface area contributed by atoms with Crippen LogP contribution in [-0.2, 0) is 28.9 Å². The van der Waals surface area contributed by atoms with Crippen LogP contribution in [0.15, 0.2) is 109 Å². The van der Waals surface area contributed by atoms with Gasteiger partial charge in [0, 0.05) is 60.7 Å². The molecule has 0 fully saturated rings. The molecule has 0 amide bonds. The number of anilines is 2. The maximum Gasteiger partial charge on any atom is 0.211 e. The molecule has 50 heavy (non-hydrogen) atoms. The minimum Gasteiger partial charge on any atom is -0.452 e. The number of hydrogen-bond donors (Lipinski definition) is 2. The number of aromatic nitrogens is 3. The molecule has 0 bridgehead atoms. The molecule has 2 N–H and O–H groups in total. The number of fused-ring (bicyclic) bond motifs is 1. The number of benzene rings is 3. The lowest BCUT2D eigenvalue weighted by Crippen LogP contribution is -2.41. The lowest BCUT2D eigenvalue weighted by atomic mass is 9.95. The first-order chi connectivity index (χ1) is 24.0. The van der Waals surface area contributed by atoms with Gasteiger partial charge >= 0.3 is 0 Å². The minimum absolute atomic E-state index is 0.103. The van der Waals surface area contributed by atoms with Crippen molar-refractivity contribution in [3.05, 3.63) is 126 Å². The van der Waals surface area contributed by atoms with E-state index in [-0.39, 0.29) is 36.1 Å². The van der Waals surface area contributed by atoms with Gasteiger partial charge in [0.1, 0.15) is 11.8 Å². The topological polar surface area (TPSA) is 113 Å². The van der Waals surface area contributed by atoms with Crippen molar-refractivity contribution in [2.45, 2.75) is 32.7 Å². The number of nitrogens with zero attached hydrogens (tertiary/aromatic N) is 5. The minimum atomic E-state index is -3.53. The van der Waals surface area contributed by atoms with Gasteiger partial charge in [0.2, 0.25) is 10.0 Å². The van der Waals surface area contributed by atoms with E-state index >= 15 is 4.39 Å². The van der Waals surface area contributed by atoms with Gasteiger partial charge in [0.25, 0.3) is 0 Å². The Balaban J connectivity index is 1.19. The molecule has 0 spiro atoms. The Bertz CT molecular complexity index is 2120. The molecule has 3 aromatic carbocycles. The molecule has 1 aliphatic rings. The van der Waals surface area contributed by atoms with Crippen LogP contribution in [0.25, 0.3) is 11.0 Å². The molecular formula is C37H41FN6O4S2. The van der Waals surface area contributed by atoms with Crippen molar-refractivity contribution in [3.8, 4) is 5.75 Å². The molecule has 5 aromatic rings. The van der Waals surface area contributed by atoms with Crippen LogP contribution in [-0.4, -0.2) is 68.0 Å². The second-order valence-corrected chi connectivity index (χ2v) is 16.8. The molecule has 10 nitrogen and oxygen atoms in total. The number of nitrogens with one attached hydrogen (secondary N) is 1. The van der Waals surface area contributed by atoms with Crippen molar-refractivity contribution in [3.63, 3.8) is 0 Å². The van der Waals surface area contributed by atoms with Crippen LogP contribution in [0.1, 0.15) is 25.0 Å². The number of ether oxygens (including phenoxy) is 1. The Morgan fingerprint density at radius 3 is 2.40 bits per heavy atom. The summed E-state index contributed by atoms with van der Waals surface area (Å²) in [4.78, 5) is 8.79. The number of aliphatic hydroxyl groups excluding tert-OH is 1. The van der Waals surface area contributed by atoms with Crippen LogP contribution >= 0.6 is 10.7 Å². The summed E-state index contributed by atoms with van der Waals surface area (Å²) in [6.07, 6.45) is 6.35. The second kappa shape index (κ2) is 15.1. The number of halogens is 1. The highest BCUT2D eigenvalue weighted by molar-refractivity contribution is 8.12. The third-order valence-corrected chi connectivity index (χ3v) is 11.4. The second-order valence-electron chi connectivity index (χ2n) is 13.0. The zero-order valence-corrected chi connectivity index (χ0v) is 29.9. The summed E-state index contributed by atoms with van der Waals surface area (Å²) in [5.74, 6) is 1.41. The van der Waals surface area contributed by atoms with Gasteiger partial charge in [0.15, 0.2) is 23.1 Å². The molecule has 3 heterocycles. The molecule has 2 aromatic heterocycles. The molecule has 0 aliphatic carbocycles. The van der Waals surface area contributed by atoms with E-state index in [0.717, 1.165) is 12.0 Å². The molecule has 262 valence electrons. The average Bonchev–Trinajstić information content (AvgIpc) is 3.68. The molecule has 1 atom stereocenters. The quantitative estimate of drug-likeness (QED) is 0.118. The molecule has 0 saturated carbocycles. The van der Waals surface area contributed by atoms with E-state index < -0.39 is 21.3 Å². The van der Waals surface area contributed by atoms with Crippen molar-refractivity contribution < 1.29 is 22.7 Å². The molecule has 13 heteroatoms. The lowest BCUT2D eigenvalue weighted by Gasteiger charge is -2.29. The predicted molar refractivity (Wildman–Crippen MR) is 199 cm³/mol. The van der Waals surface area contributed by atoms with Gasteiger partial charge in [-0.05, 0) is 29.3 Å². The number of aliphatic hydroxyl groups is 1. The summed E-state index contributed by atoms with van der Waals surface area (Å²) in [5, 5.41) is 15.0. The van der Waals surface area contributed by atoms with Crippen LogP contribution in [0.5, 0.6) is 5.75 Å². The molecule has 1 unspecified atom stereocenters. The monoisotopic (exact) mass is 716 g/mol. The van der Waals surface area contributed by atoms with Crippen molar-refractivity contribution >= 4 is 48.6 Å². The Morgan fingerprint density at radius 2 is 1.72 bits per heavy atom. The van der Waals surface area contributed by atoms with E-state index in [1.165, 1.54) is 27.8 Å². The molecule has 0 saturated heterocycles. The number of hydrogen-bond acceptors (Lipinski definition) is 8. The van der Waals surface area contributed by atoms with Gasteiger partial charge in [-0.1, -0.05) is 85.2 Å². The van der Waals surface area contributed by atoms with Gasteiger partial charge in [-0.2, -0.15) is 4.31 Å². The first kappa shape index (κ1) is 35.3. The van der Waals surface area contributed by atoms with E-state index in [0.29, 0.717) is 41.4 Å². The number of allylic oxidation sites excluding steroid dienone is 1. The Morgan fingerprint density at radius 1 is 1.00 bits per heavy atom. The van der Waals surface area contributed by atoms with Crippen LogP contribution in [0.3, 0.4) is 0 Å². The fraction of sp³-hybridized carbons (Fsp3) is 0.270. The van der Waals surface area contributed by atoms with Gasteiger partial charge in [-0.25, -0.2) is 22.8 Å². The zero-order chi connectivity index (χ0) is 35.3. The van der Waals surface area contributed by atoms with Crippen LogP contribution < -0.4 is 10.1 Å². The van der Waals surface area contributed by atoms with Gasteiger partial charge < -0.3 is 24.0 Å². The number of rotatable bonds is 15. The first-order valence-corrected chi connectivity index (χ1v) is 19.4. The first-order valence-electron chi connectivity index (χ1n) is 16.2. The fourth-order valence-electron chi connectivity index (χ4n) is 5.60. The van der Waals surface area contributed by atoms with Gasteiger partial charge in [0.05, 0.1) is 24.5 Å². The van der Waals surface area contributed by atoms with Crippen LogP contribution in [0.4, 0.5) is 15.9 Å². The Hall–Kier alpha value is -4.56. The summed E-state index contributed by atoms with van der Waals surface area (Å²) < 4.78 is 52.3. The van der Waals surface area contributed by atoms with Crippen molar-refractivity contribution in [2.75, 3.05) is 31.3 Å². The summed E-state index contributed by atoms with van der Waals surface area (Å²) >= 11 is 0. The summed E-state index contributed by atoms with van der Waals surface area (Å²) in [6.45, 7) is 4.86. The Kier molecular flexibility index (Phi) is 10.7. The maximum absolute atomic E-state index is 15.6. The SMILES string of the molecule is CC(C)(CO)CN(CCn1ccc2ncnc(Nc3ccc(OC4=CN(Cc5ccccc5)S(Cc5ccccc5)=C4)c(F)c3)c21)S(C)(=O)=O. The Labute approximate surface area is 295 Å². The van der Waals surface area contributed by atoms with Crippen LogP contribution in [0, 0.1) is 11.2 Å². The van der Waals surface area contributed by atoms with Gasteiger partial charge in [-0.15, -0.1) is 0 Å². The molecular weight excluding hydrogens is 676 g/mol. The normalized spacial score (nSPS) is 15.0. The van der Waals surface area contributed by atoms with E-state index in [2.05, 4.69) is 49.2 Å². The third-order valence-electron chi connectivity index (χ3n) is 8.23. The molecule has 1 aliphatic heterocycles. The standard InChI is InChI=1S/C37H41FN6O4S2/c1-37(2,26-45)25-44(50(3,46)47)19-18-42-17-16-33-35(42)36(40-27-39-33)41-30-14-15-34(32(38)20-30)48-31-22-43(21-28-10-6-4-7-11-28)49(24-31)23-29-12-8-5-9-13-29/h4-17,20,22,24,27,45H,18-19,21,23,25-26H2,1-3H3,(H,39,40,41). The summed E-state index contributed by atoms with van der Waals surface area (Å²) in [6, 6.07) is 27.0. The largest absolute Gasteiger partial charge is 0.452 e. The highest BCUT2D eigenvalue weighted by Crippen LogP contribution is 2.35. The highest BCUT2D eigenvalue weighted by Gasteiger charge is 2.27. The van der Waals surface area contributed by atoms with Crippen molar-refractivity contribution in [1.82, 2.24) is 23.1 Å². The average molecular weight is 717 g/mol. The lowest BCUT2D eigenvalue weighted by molar-refractivity contribution is 0.133. The maximum atomic E-state index is 15.6. The third kappa shape index (κ3) is 8.77. The smallest absolute Gasteiger partial charge is 0.211 e. The highest BCUT2D eigenvalue weighted by atomic mass is 32.2. The van der Waals surface area contributed by atoms with E-state index in [4.69, 9.17) is 4.74 Å². The number of sulfonamides is 1. The van der Waals surface area contributed by atoms with Gasteiger partial charge in [-0.3, -0.25) is 0 Å². The molecule has 0 radical (unpaired) electrons. The van der Waals surface area contributed by atoms with Crippen LogP contribution in [0.2, 0.25) is 0 Å². The summed E-state index contributed by atoms with van der Waals surface area (Å²) in [5.41, 5.74) is 3.55. The molecule has 6 rings (SSSR count). The van der Waals surface area contributed by atoms with E-state index in [1.54, 1.807) is 12.1 Å². The van der Waals surface area contributed by atoms with E-state index in [1.807, 2.05) is 73.3 Å². The van der Waals surface area contributed by atoms with E-state index in [9.17, 15) is 13.5 Å². The summed E-state index contributed by atoms with van der Waals surface area (Å²) in [7, 11) is -3.82.